The van der Waals surface area contributed by atoms with Crippen molar-refractivity contribution < 1.29 is 0 Å². The van der Waals surface area contributed by atoms with Gasteiger partial charge in [0, 0.05) is 23.5 Å². The molecule has 3 nitrogen and oxygen atoms in total. The van der Waals surface area contributed by atoms with E-state index in [2.05, 4.69) is 32.6 Å². The molecule has 0 unspecified atom stereocenters. The van der Waals surface area contributed by atoms with Crippen LogP contribution in [0.25, 0.3) is 0 Å². The summed E-state index contributed by atoms with van der Waals surface area (Å²) in [6, 6.07) is 20.7. The molecule has 0 aliphatic carbocycles. The summed E-state index contributed by atoms with van der Waals surface area (Å²) < 4.78 is 0. The predicted molar refractivity (Wildman–Crippen MR) is 94.9 cm³/mol. The number of nitrogens with one attached hydrogen (secondary N) is 1. The van der Waals surface area contributed by atoms with E-state index < -0.39 is 0 Å². The summed E-state index contributed by atoms with van der Waals surface area (Å²) in [5.41, 5.74) is 2.01. The van der Waals surface area contributed by atoms with Crippen LogP contribution in [0.4, 0.5) is 11.4 Å². The summed E-state index contributed by atoms with van der Waals surface area (Å²) in [6.45, 7) is 8.51. The summed E-state index contributed by atoms with van der Waals surface area (Å²) in [7, 11) is 0. The van der Waals surface area contributed by atoms with Crippen LogP contribution in [0.1, 0.15) is 27.7 Å². The van der Waals surface area contributed by atoms with Crippen LogP contribution in [0.15, 0.2) is 60.7 Å². The van der Waals surface area contributed by atoms with Crippen LogP contribution in [0.2, 0.25) is 0 Å². The Balaban J connectivity index is 2.47. The SMILES string of the molecule is CC(C)N(C(=N)N(c1ccccc1)c1ccccc1)C(C)C. The Hall–Kier alpha value is -2.29. The summed E-state index contributed by atoms with van der Waals surface area (Å²) in [5.74, 6) is 0.502. The van der Waals surface area contributed by atoms with Gasteiger partial charge in [-0.25, -0.2) is 0 Å². The molecular weight excluding hydrogens is 270 g/mol. The van der Waals surface area contributed by atoms with Gasteiger partial charge in [0.2, 0.25) is 5.96 Å². The van der Waals surface area contributed by atoms with E-state index in [1.807, 2.05) is 65.6 Å². The maximum atomic E-state index is 8.79. The molecule has 116 valence electrons. The average Bonchev–Trinajstić information content (AvgIpc) is 2.49. The lowest BCUT2D eigenvalue weighted by molar-refractivity contribution is 0.286. The minimum Gasteiger partial charge on any atom is -0.338 e. The fourth-order valence-electron chi connectivity index (χ4n) is 2.75. The van der Waals surface area contributed by atoms with Crippen molar-refractivity contribution in [1.29, 1.82) is 5.41 Å². The van der Waals surface area contributed by atoms with E-state index in [0.29, 0.717) is 5.96 Å². The van der Waals surface area contributed by atoms with E-state index in [4.69, 9.17) is 5.41 Å². The number of rotatable bonds is 4. The monoisotopic (exact) mass is 295 g/mol. The van der Waals surface area contributed by atoms with Crippen LogP contribution < -0.4 is 4.90 Å². The average molecular weight is 295 g/mol. The first kappa shape index (κ1) is 16.1. The Morgan fingerprint density at radius 3 is 1.41 bits per heavy atom. The molecule has 3 heteroatoms. The third kappa shape index (κ3) is 3.48. The zero-order valence-electron chi connectivity index (χ0n) is 13.8. The molecular formula is C19H25N3. The zero-order chi connectivity index (χ0) is 16.1. The summed E-state index contributed by atoms with van der Waals surface area (Å²) in [5, 5.41) is 8.79. The van der Waals surface area contributed by atoms with Gasteiger partial charge in [0.25, 0.3) is 0 Å². The zero-order valence-corrected chi connectivity index (χ0v) is 13.8. The van der Waals surface area contributed by atoms with E-state index in [9.17, 15) is 0 Å². The molecule has 0 amide bonds. The number of nitrogens with zero attached hydrogens (tertiary/aromatic N) is 2. The molecule has 0 radical (unpaired) electrons. The van der Waals surface area contributed by atoms with Gasteiger partial charge in [0.15, 0.2) is 0 Å². The maximum absolute atomic E-state index is 8.79. The second-order valence-electron chi connectivity index (χ2n) is 5.92. The lowest BCUT2D eigenvalue weighted by atomic mass is 10.2. The molecule has 22 heavy (non-hydrogen) atoms. The fraction of sp³-hybridized carbons (Fsp3) is 0.316. The van der Waals surface area contributed by atoms with Gasteiger partial charge in [-0.2, -0.15) is 0 Å². The van der Waals surface area contributed by atoms with E-state index in [1.54, 1.807) is 0 Å². The van der Waals surface area contributed by atoms with Crippen LogP contribution in [0.3, 0.4) is 0 Å². The topological polar surface area (TPSA) is 30.3 Å². The molecule has 0 saturated heterocycles. The normalized spacial score (nSPS) is 10.8. The summed E-state index contributed by atoms with van der Waals surface area (Å²) in [4.78, 5) is 4.12. The number of para-hydroxylation sites is 2. The Morgan fingerprint density at radius 2 is 1.09 bits per heavy atom. The predicted octanol–water partition coefficient (Wildman–Crippen LogP) is 4.88. The first-order valence-electron chi connectivity index (χ1n) is 7.79. The highest BCUT2D eigenvalue weighted by Gasteiger charge is 2.24. The van der Waals surface area contributed by atoms with Gasteiger partial charge in [-0.05, 0) is 52.0 Å². The fourth-order valence-corrected chi connectivity index (χ4v) is 2.75. The highest BCUT2D eigenvalue weighted by molar-refractivity contribution is 6.01. The highest BCUT2D eigenvalue weighted by Crippen LogP contribution is 2.27. The summed E-state index contributed by atoms with van der Waals surface area (Å²) in [6.07, 6.45) is 0. The molecule has 0 atom stereocenters. The smallest absolute Gasteiger partial charge is 0.203 e. The summed E-state index contributed by atoms with van der Waals surface area (Å²) >= 11 is 0. The van der Waals surface area contributed by atoms with Gasteiger partial charge in [-0.3, -0.25) is 10.3 Å². The van der Waals surface area contributed by atoms with Gasteiger partial charge in [-0.1, -0.05) is 36.4 Å². The molecule has 0 heterocycles. The van der Waals surface area contributed by atoms with Crippen LogP contribution >= 0.6 is 0 Å². The molecule has 0 fully saturated rings. The van der Waals surface area contributed by atoms with Crippen molar-refractivity contribution in [2.24, 2.45) is 0 Å². The molecule has 0 aromatic heterocycles. The maximum Gasteiger partial charge on any atom is 0.203 e. The molecule has 0 aliphatic rings. The third-order valence-corrected chi connectivity index (χ3v) is 3.60. The van der Waals surface area contributed by atoms with E-state index in [-0.39, 0.29) is 12.1 Å². The first-order chi connectivity index (χ1) is 10.5. The van der Waals surface area contributed by atoms with Crippen LogP contribution in [0.5, 0.6) is 0 Å². The second-order valence-corrected chi connectivity index (χ2v) is 5.92. The van der Waals surface area contributed by atoms with E-state index >= 15 is 0 Å². The molecule has 0 aliphatic heterocycles. The minimum absolute atomic E-state index is 0.266. The lowest BCUT2D eigenvalue weighted by Gasteiger charge is -2.38. The van der Waals surface area contributed by atoms with Crippen molar-refractivity contribution in [1.82, 2.24) is 4.90 Å². The van der Waals surface area contributed by atoms with Crippen molar-refractivity contribution in [3.63, 3.8) is 0 Å². The number of hydrogen-bond acceptors (Lipinski definition) is 1. The molecule has 2 aromatic carbocycles. The number of benzene rings is 2. The largest absolute Gasteiger partial charge is 0.338 e. The number of guanidine groups is 1. The molecule has 0 saturated carbocycles. The van der Waals surface area contributed by atoms with Gasteiger partial charge in [-0.15, -0.1) is 0 Å². The molecule has 0 spiro atoms. The van der Waals surface area contributed by atoms with Crippen molar-refractivity contribution in [2.45, 2.75) is 39.8 Å². The minimum atomic E-state index is 0.266. The van der Waals surface area contributed by atoms with Crippen molar-refractivity contribution in [2.75, 3.05) is 4.90 Å². The Bertz CT molecular complexity index is 543. The van der Waals surface area contributed by atoms with Crippen LogP contribution in [-0.2, 0) is 0 Å². The molecule has 2 aromatic rings. The Morgan fingerprint density at radius 1 is 0.727 bits per heavy atom. The number of hydrogen-bond donors (Lipinski definition) is 1. The van der Waals surface area contributed by atoms with E-state index in [0.717, 1.165) is 11.4 Å². The molecule has 2 rings (SSSR count). The first-order valence-corrected chi connectivity index (χ1v) is 7.79. The molecule has 1 N–H and O–H groups in total. The third-order valence-electron chi connectivity index (χ3n) is 3.60. The van der Waals surface area contributed by atoms with Gasteiger partial charge >= 0.3 is 0 Å². The second kappa shape index (κ2) is 7.12. The Labute approximate surface area is 133 Å². The number of anilines is 2. The van der Waals surface area contributed by atoms with Gasteiger partial charge < -0.3 is 4.90 Å². The quantitative estimate of drug-likeness (QED) is 0.643. The van der Waals surface area contributed by atoms with Gasteiger partial charge in [0.1, 0.15) is 0 Å². The van der Waals surface area contributed by atoms with Crippen molar-refractivity contribution >= 4 is 17.3 Å². The van der Waals surface area contributed by atoms with Crippen molar-refractivity contribution in [3.05, 3.63) is 60.7 Å². The van der Waals surface area contributed by atoms with Crippen molar-refractivity contribution in [3.8, 4) is 0 Å². The lowest BCUT2D eigenvalue weighted by Crippen LogP contribution is -2.48. The highest BCUT2D eigenvalue weighted by atomic mass is 15.4. The Kier molecular flexibility index (Phi) is 5.21. The van der Waals surface area contributed by atoms with E-state index in [1.165, 1.54) is 0 Å². The van der Waals surface area contributed by atoms with Crippen LogP contribution in [-0.4, -0.2) is 22.9 Å². The van der Waals surface area contributed by atoms with Crippen LogP contribution in [0, 0.1) is 5.41 Å². The standard InChI is InChI=1S/C19H25N3/c1-15(2)21(16(3)4)19(20)22(17-11-7-5-8-12-17)18-13-9-6-10-14-18/h5-16,20H,1-4H3. The van der Waals surface area contributed by atoms with Gasteiger partial charge in [0.05, 0.1) is 0 Å². The molecule has 0 bridgehead atoms.